The number of rotatable bonds is 0. The van der Waals surface area contributed by atoms with E-state index in [0.717, 1.165) is 0 Å². The van der Waals surface area contributed by atoms with E-state index < -0.39 is 14.8 Å². The van der Waals surface area contributed by atoms with Crippen LogP contribution in [0, 0.1) is 0 Å². The molecule has 0 rings (SSSR count). The Morgan fingerprint density at radius 1 is 1.20 bits per heavy atom. The molecule has 0 unspecified atom stereocenters. The van der Waals surface area contributed by atoms with Crippen LogP contribution in [0.25, 0.3) is 0 Å². The molecule has 0 heterocycles. The minimum atomic E-state index is -1.44. The third kappa shape index (κ3) is 35.5. The summed E-state index contributed by atoms with van der Waals surface area (Å²) in [5.74, 6) is 0. The van der Waals surface area contributed by atoms with E-state index >= 15 is 0 Å². The van der Waals surface area contributed by atoms with Crippen molar-refractivity contribution in [2.45, 2.75) is 0 Å². The van der Waals surface area contributed by atoms with Gasteiger partial charge < -0.3 is 0 Å². The van der Waals surface area contributed by atoms with Gasteiger partial charge in [0.05, 0.1) is 0 Å². The van der Waals surface area contributed by atoms with Crippen molar-refractivity contribution in [3.05, 3.63) is 0 Å². The third-order valence-electron chi connectivity index (χ3n) is 0. The standard InChI is InChI=1S/Al.Li.Mn.2O.4H. The average molecular weight is 125 g/mol. The van der Waals surface area contributed by atoms with E-state index in [9.17, 15) is 0 Å². The van der Waals surface area contributed by atoms with Gasteiger partial charge in [-0.3, -0.25) is 0 Å². The Morgan fingerprint density at radius 2 is 1.20 bits per heavy atom. The molecule has 0 aromatic heterocycles. The van der Waals surface area contributed by atoms with E-state index in [2.05, 4.69) is 0 Å². The third-order valence-corrected chi connectivity index (χ3v) is 0. The van der Waals surface area contributed by atoms with Gasteiger partial charge in [0.25, 0.3) is 0 Å². The van der Waals surface area contributed by atoms with Crippen LogP contribution in [0.15, 0.2) is 0 Å². The van der Waals surface area contributed by atoms with Crippen LogP contribution in [0.5, 0.6) is 0 Å². The molecule has 0 bridgehead atoms. The Bertz CT molecular complexity index is 30.6. The molecule has 0 spiro atoms. The molecule has 0 saturated carbocycles. The van der Waals surface area contributed by atoms with Gasteiger partial charge in [-0.25, -0.2) is 0 Å². The van der Waals surface area contributed by atoms with Crippen LogP contribution in [0.1, 0.15) is 0 Å². The van der Waals surface area contributed by atoms with Gasteiger partial charge in [-0.1, -0.05) is 0 Å². The predicted octanol–water partition coefficient (Wildman–Crippen LogP) is -2.07. The van der Waals surface area contributed by atoms with Crippen molar-refractivity contribution >= 4 is 36.2 Å². The monoisotopic (exact) mass is 125 g/mol. The number of hydrogen-bond acceptors (Lipinski definition) is 2. The van der Waals surface area contributed by atoms with Gasteiger partial charge >= 0.3 is 41.4 Å². The van der Waals surface area contributed by atoms with Gasteiger partial charge in [0.15, 0.2) is 17.4 Å². The van der Waals surface area contributed by atoms with Crippen LogP contribution in [-0.4, -0.2) is 36.2 Å². The van der Waals surface area contributed by atoms with E-state index in [1.165, 1.54) is 0 Å². The zero-order valence-corrected chi connectivity index (χ0v) is 2.37. The van der Waals surface area contributed by atoms with Gasteiger partial charge in [0.1, 0.15) is 0 Å². The molecule has 5 heteroatoms. The van der Waals surface area contributed by atoms with Crippen molar-refractivity contribution in [1.82, 2.24) is 0 Å². The zero-order valence-electron chi connectivity index (χ0n) is 1.19. The molecule has 0 radical (unpaired) electrons. The Morgan fingerprint density at radius 3 is 1.20 bits per heavy atom. The molecule has 0 amide bonds. The maximum absolute atomic E-state index is 8.41. The second kappa shape index (κ2) is 18.7. The Labute approximate surface area is 58.6 Å². The first-order chi connectivity index (χ1) is 1.41. The maximum atomic E-state index is 8.41. The van der Waals surface area contributed by atoms with Gasteiger partial charge in [-0.05, 0) is 0 Å². The molecule has 0 aliphatic heterocycles. The SMILES string of the molecule is [AlH3].[LiH].[O]=[Mn]=[O]. The second-order valence-corrected chi connectivity index (χ2v) is 0.260. The van der Waals surface area contributed by atoms with E-state index in [1.807, 2.05) is 0 Å². The molecule has 5 heavy (non-hydrogen) atoms. The summed E-state index contributed by atoms with van der Waals surface area (Å²) in [6.45, 7) is 0. The summed E-state index contributed by atoms with van der Waals surface area (Å²) in [5, 5.41) is 0. The van der Waals surface area contributed by atoms with Crippen molar-refractivity contribution in [2.75, 3.05) is 0 Å². The van der Waals surface area contributed by atoms with Crippen molar-refractivity contribution < 1.29 is 22.5 Å². The summed E-state index contributed by atoms with van der Waals surface area (Å²) in [5.41, 5.74) is 0. The van der Waals surface area contributed by atoms with Crippen LogP contribution >= 0.6 is 0 Å². The fourth-order valence-corrected chi connectivity index (χ4v) is 0. The molecule has 0 aliphatic carbocycles. The van der Waals surface area contributed by atoms with Crippen LogP contribution in [0.3, 0.4) is 0 Å². The molecule has 0 aromatic rings. The summed E-state index contributed by atoms with van der Waals surface area (Å²) in [6.07, 6.45) is 0. The van der Waals surface area contributed by atoms with E-state index in [4.69, 9.17) is 7.67 Å². The van der Waals surface area contributed by atoms with E-state index in [1.54, 1.807) is 0 Å². The van der Waals surface area contributed by atoms with Crippen molar-refractivity contribution in [1.29, 1.82) is 0 Å². The first-order valence-electron chi connectivity index (χ1n) is 0.309. The fraction of sp³-hybridized carbons (Fsp3) is 0. The average Bonchev–Trinajstić information content (AvgIpc) is 0.918. The molecule has 0 fully saturated rings. The molecule has 0 aromatic carbocycles. The second-order valence-electron chi connectivity index (χ2n) is 0.0630. The summed E-state index contributed by atoms with van der Waals surface area (Å²) in [6, 6.07) is 0. The van der Waals surface area contributed by atoms with Gasteiger partial charge in [-0.15, -0.1) is 0 Å². The molecular formula is H4AlLiMnO2. The molecule has 0 atom stereocenters. The van der Waals surface area contributed by atoms with Gasteiger partial charge in [-0.2, -0.15) is 0 Å². The summed E-state index contributed by atoms with van der Waals surface area (Å²) in [7, 11) is 0. The van der Waals surface area contributed by atoms with E-state index in [-0.39, 0.29) is 36.2 Å². The minimum absolute atomic E-state index is 0. The summed E-state index contributed by atoms with van der Waals surface area (Å²) < 4.78 is 16.8. The molecule has 0 N–H and O–H groups in total. The first-order valence-corrected chi connectivity index (χ1v) is 1.27. The summed E-state index contributed by atoms with van der Waals surface area (Å²) in [4.78, 5) is 0. The molecule has 0 aliphatic rings. The van der Waals surface area contributed by atoms with Crippen LogP contribution in [0.2, 0.25) is 0 Å². The molecule has 27 valence electrons. The van der Waals surface area contributed by atoms with Crippen molar-refractivity contribution in [3.63, 3.8) is 0 Å². The Hall–Kier alpha value is 1.25. The quantitative estimate of drug-likeness (QED) is 0.348. The molecular weight excluding hydrogens is 121 g/mol. The van der Waals surface area contributed by atoms with Crippen LogP contribution in [-0.2, 0) is 22.5 Å². The topological polar surface area (TPSA) is 34.1 Å². The first kappa shape index (κ1) is 16.3. The number of hydrogen-bond donors (Lipinski definition) is 0. The predicted molar refractivity (Wildman–Crippen MR) is 18.5 cm³/mol. The van der Waals surface area contributed by atoms with Gasteiger partial charge in [0.2, 0.25) is 0 Å². The van der Waals surface area contributed by atoms with Crippen LogP contribution < -0.4 is 0 Å². The van der Waals surface area contributed by atoms with Crippen LogP contribution in [0.4, 0.5) is 0 Å². The molecule has 0 saturated heterocycles. The fourth-order valence-electron chi connectivity index (χ4n) is 0. The zero-order chi connectivity index (χ0) is 2.71. The van der Waals surface area contributed by atoms with E-state index in [0.29, 0.717) is 0 Å². The van der Waals surface area contributed by atoms with Crippen molar-refractivity contribution in [2.24, 2.45) is 0 Å². The Kier molecular flexibility index (Phi) is 61.1. The molecule has 2 nitrogen and oxygen atoms in total. The summed E-state index contributed by atoms with van der Waals surface area (Å²) >= 11 is -1.44. The van der Waals surface area contributed by atoms with Gasteiger partial charge in [0, 0.05) is 0 Å². The van der Waals surface area contributed by atoms with Crippen molar-refractivity contribution in [3.8, 4) is 0 Å². The normalized spacial score (nSPS) is 2.40. The Balaban J connectivity index is -0.0000000200.